The van der Waals surface area contributed by atoms with Crippen LogP contribution in [0.15, 0.2) is 22.6 Å². The SMILES string of the molecule is NC(=O)c1cccc2nc(C3CC4(CCC4)CN3)oc12. The molecule has 1 aliphatic carbocycles. The minimum Gasteiger partial charge on any atom is -0.438 e. The molecule has 5 heteroatoms. The first-order valence-corrected chi connectivity index (χ1v) is 7.10. The largest absolute Gasteiger partial charge is 0.438 e. The molecule has 2 aliphatic rings. The molecule has 1 aromatic heterocycles. The molecule has 1 aliphatic heterocycles. The van der Waals surface area contributed by atoms with E-state index in [1.807, 2.05) is 6.07 Å². The van der Waals surface area contributed by atoms with Gasteiger partial charge >= 0.3 is 0 Å². The highest BCUT2D eigenvalue weighted by Gasteiger charge is 2.45. The van der Waals surface area contributed by atoms with Gasteiger partial charge in [0.2, 0.25) is 5.89 Å². The van der Waals surface area contributed by atoms with E-state index in [1.54, 1.807) is 12.1 Å². The van der Waals surface area contributed by atoms with Crippen LogP contribution in [0.25, 0.3) is 11.1 Å². The van der Waals surface area contributed by atoms with Crippen LogP contribution in [-0.4, -0.2) is 17.4 Å². The van der Waals surface area contributed by atoms with Gasteiger partial charge in [0.15, 0.2) is 5.58 Å². The Morgan fingerprint density at radius 1 is 1.45 bits per heavy atom. The number of fused-ring (bicyclic) bond motifs is 1. The number of primary amides is 1. The molecule has 5 nitrogen and oxygen atoms in total. The lowest BCUT2D eigenvalue weighted by Crippen LogP contribution is -2.31. The van der Waals surface area contributed by atoms with Crippen molar-refractivity contribution in [3.8, 4) is 0 Å². The van der Waals surface area contributed by atoms with Gasteiger partial charge < -0.3 is 15.5 Å². The van der Waals surface area contributed by atoms with E-state index in [4.69, 9.17) is 10.2 Å². The number of nitrogens with zero attached hydrogens (tertiary/aromatic N) is 1. The number of carbonyl (C=O) groups excluding carboxylic acids is 1. The number of nitrogens with two attached hydrogens (primary N) is 1. The van der Waals surface area contributed by atoms with Gasteiger partial charge in [0.25, 0.3) is 5.91 Å². The maximum absolute atomic E-state index is 11.4. The molecule has 1 saturated carbocycles. The third-order valence-corrected chi connectivity index (χ3v) is 4.77. The fourth-order valence-electron chi connectivity index (χ4n) is 3.46. The molecular formula is C15H17N3O2. The lowest BCUT2D eigenvalue weighted by molar-refractivity contribution is 0.100. The number of rotatable bonds is 2. The molecule has 20 heavy (non-hydrogen) atoms. The molecule has 2 aromatic rings. The Labute approximate surface area is 116 Å². The van der Waals surface area contributed by atoms with Gasteiger partial charge in [-0.15, -0.1) is 0 Å². The van der Waals surface area contributed by atoms with Crippen LogP contribution in [0.3, 0.4) is 0 Å². The van der Waals surface area contributed by atoms with Crippen LogP contribution in [0.5, 0.6) is 0 Å². The second-order valence-corrected chi connectivity index (χ2v) is 6.06. The van der Waals surface area contributed by atoms with Crippen molar-refractivity contribution in [2.24, 2.45) is 11.1 Å². The number of hydrogen-bond donors (Lipinski definition) is 2. The second kappa shape index (κ2) is 4.06. The van der Waals surface area contributed by atoms with E-state index < -0.39 is 5.91 Å². The molecule has 104 valence electrons. The van der Waals surface area contributed by atoms with E-state index in [0.717, 1.165) is 13.0 Å². The number of benzene rings is 1. The quantitative estimate of drug-likeness (QED) is 0.876. The van der Waals surface area contributed by atoms with E-state index >= 15 is 0 Å². The molecule has 0 radical (unpaired) electrons. The van der Waals surface area contributed by atoms with Crippen LogP contribution >= 0.6 is 0 Å². The van der Waals surface area contributed by atoms with Crippen LogP contribution in [0, 0.1) is 5.41 Å². The average molecular weight is 271 g/mol. The van der Waals surface area contributed by atoms with Crippen molar-refractivity contribution in [3.63, 3.8) is 0 Å². The maximum atomic E-state index is 11.4. The van der Waals surface area contributed by atoms with Crippen molar-refractivity contribution in [2.75, 3.05) is 6.54 Å². The standard InChI is InChI=1S/C15H17N3O2/c16-13(19)9-3-1-4-10-12(9)20-14(18-10)11-7-15(8-17-11)5-2-6-15/h1,3-4,11,17H,2,5-8H2,(H2,16,19). The van der Waals surface area contributed by atoms with Gasteiger partial charge in [0, 0.05) is 6.54 Å². The summed E-state index contributed by atoms with van der Waals surface area (Å²) in [5.41, 5.74) is 7.44. The Balaban J connectivity index is 1.71. The zero-order chi connectivity index (χ0) is 13.7. The summed E-state index contributed by atoms with van der Waals surface area (Å²) in [6.45, 7) is 1.04. The van der Waals surface area contributed by atoms with Gasteiger partial charge in [-0.3, -0.25) is 4.79 Å². The first-order chi connectivity index (χ1) is 9.67. The summed E-state index contributed by atoms with van der Waals surface area (Å²) in [5.74, 6) is 0.200. The molecule has 1 atom stereocenters. The molecule has 2 heterocycles. The van der Waals surface area contributed by atoms with Gasteiger partial charge in [-0.05, 0) is 36.8 Å². The van der Waals surface area contributed by atoms with Crippen molar-refractivity contribution < 1.29 is 9.21 Å². The Kier molecular flexibility index (Phi) is 2.41. The minimum atomic E-state index is -0.479. The predicted molar refractivity (Wildman–Crippen MR) is 74.2 cm³/mol. The Bertz CT molecular complexity index is 687. The van der Waals surface area contributed by atoms with Gasteiger partial charge in [-0.1, -0.05) is 12.5 Å². The number of oxazole rings is 1. The summed E-state index contributed by atoms with van der Waals surface area (Å²) < 4.78 is 5.83. The minimum absolute atomic E-state index is 0.156. The molecule has 2 fully saturated rings. The van der Waals surface area contributed by atoms with Crippen LogP contribution in [-0.2, 0) is 0 Å². The topological polar surface area (TPSA) is 81.2 Å². The fraction of sp³-hybridized carbons (Fsp3) is 0.467. The monoisotopic (exact) mass is 271 g/mol. The van der Waals surface area contributed by atoms with Crippen molar-refractivity contribution >= 4 is 17.0 Å². The number of carbonyl (C=O) groups is 1. The summed E-state index contributed by atoms with van der Waals surface area (Å²) in [6, 6.07) is 5.46. The number of hydrogen-bond acceptors (Lipinski definition) is 4. The highest BCUT2D eigenvalue weighted by atomic mass is 16.4. The van der Waals surface area contributed by atoms with Crippen molar-refractivity contribution in [3.05, 3.63) is 29.7 Å². The molecule has 1 amide bonds. The molecule has 4 rings (SSSR count). The maximum Gasteiger partial charge on any atom is 0.252 e. The van der Waals surface area contributed by atoms with E-state index in [1.165, 1.54) is 19.3 Å². The molecular weight excluding hydrogens is 254 g/mol. The zero-order valence-corrected chi connectivity index (χ0v) is 11.2. The zero-order valence-electron chi connectivity index (χ0n) is 11.2. The third-order valence-electron chi connectivity index (χ3n) is 4.77. The number of amides is 1. The number of para-hydroxylation sites is 1. The van der Waals surface area contributed by atoms with Gasteiger partial charge in [-0.25, -0.2) is 4.98 Å². The lowest BCUT2D eigenvalue weighted by atomic mass is 9.67. The second-order valence-electron chi connectivity index (χ2n) is 6.06. The summed E-state index contributed by atoms with van der Waals surface area (Å²) in [5, 5.41) is 3.50. The smallest absolute Gasteiger partial charge is 0.252 e. The predicted octanol–water partition coefficient (Wildman–Crippen LogP) is 2.13. The van der Waals surface area contributed by atoms with Crippen molar-refractivity contribution in [1.29, 1.82) is 0 Å². The van der Waals surface area contributed by atoms with E-state index in [-0.39, 0.29) is 6.04 Å². The average Bonchev–Trinajstić information content (AvgIpc) is 3.01. The summed E-state index contributed by atoms with van der Waals surface area (Å²) in [7, 11) is 0. The Morgan fingerprint density at radius 3 is 2.95 bits per heavy atom. The van der Waals surface area contributed by atoms with Crippen LogP contribution in [0.2, 0.25) is 0 Å². The van der Waals surface area contributed by atoms with E-state index in [9.17, 15) is 4.79 Å². The van der Waals surface area contributed by atoms with Crippen molar-refractivity contribution in [2.45, 2.75) is 31.7 Å². The molecule has 0 bridgehead atoms. The Hall–Kier alpha value is -1.88. The third kappa shape index (κ3) is 1.66. The molecule has 3 N–H and O–H groups in total. The van der Waals surface area contributed by atoms with Crippen LogP contribution in [0.1, 0.15) is 48.0 Å². The van der Waals surface area contributed by atoms with Crippen LogP contribution < -0.4 is 11.1 Å². The summed E-state index contributed by atoms with van der Waals surface area (Å²) in [4.78, 5) is 15.9. The number of aromatic nitrogens is 1. The molecule has 1 aromatic carbocycles. The lowest BCUT2D eigenvalue weighted by Gasteiger charge is -2.37. The van der Waals surface area contributed by atoms with Gasteiger partial charge in [0.1, 0.15) is 5.52 Å². The summed E-state index contributed by atoms with van der Waals surface area (Å²) in [6.07, 6.45) is 4.99. The number of nitrogens with one attached hydrogen (secondary N) is 1. The van der Waals surface area contributed by atoms with Crippen molar-refractivity contribution in [1.82, 2.24) is 10.3 Å². The van der Waals surface area contributed by atoms with Gasteiger partial charge in [0.05, 0.1) is 11.6 Å². The van der Waals surface area contributed by atoms with E-state index in [0.29, 0.717) is 28.0 Å². The Morgan fingerprint density at radius 2 is 2.30 bits per heavy atom. The first-order valence-electron chi connectivity index (χ1n) is 7.10. The normalized spacial score (nSPS) is 24.1. The highest BCUT2D eigenvalue weighted by Crippen LogP contribution is 2.50. The van der Waals surface area contributed by atoms with E-state index in [2.05, 4.69) is 10.3 Å². The molecule has 1 saturated heterocycles. The van der Waals surface area contributed by atoms with Crippen LogP contribution in [0.4, 0.5) is 0 Å². The first kappa shape index (κ1) is 11.9. The fourth-order valence-corrected chi connectivity index (χ4v) is 3.46. The van der Waals surface area contributed by atoms with Gasteiger partial charge in [-0.2, -0.15) is 0 Å². The summed E-state index contributed by atoms with van der Waals surface area (Å²) >= 11 is 0. The highest BCUT2D eigenvalue weighted by molar-refractivity contribution is 6.03. The molecule has 1 spiro atoms. The molecule has 1 unspecified atom stereocenters.